The molecule has 7 rings (SSSR count). The average Bonchev–Trinajstić information content (AvgIpc) is 3.59. The maximum Gasteiger partial charge on any atom is 0.167 e. The normalized spacial score (nSPS) is 11.2. The summed E-state index contributed by atoms with van der Waals surface area (Å²) >= 11 is 0. The maximum atomic E-state index is 12.1. The highest BCUT2D eigenvalue weighted by molar-refractivity contribution is 5.75. The fourth-order valence-corrected chi connectivity index (χ4v) is 6.02. The highest BCUT2D eigenvalue weighted by Gasteiger charge is 2.22. The van der Waals surface area contributed by atoms with Gasteiger partial charge in [0, 0.05) is 28.7 Å². The third-order valence-electron chi connectivity index (χ3n) is 8.62. The summed E-state index contributed by atoms with van der Waals surface area (Å²) in [5.74, 6) is 1.85. The molecule has 250 valence electrons. The molecule has 0 aliphatic heterocycles. The number of phenolic OH excluding ortho intramolecular Hbond substituents is 2. The van der Waals surface area contributed by atoms with E-state index >= 15 is 0 Å². The number of aromatic nitrogens is 6. The molecule has 50 heavy (non-hydrogen) atoms. The van der Waals surface area contributed by atoms with E-state index in [9.17, 15) is 10.2 Å². The zero-order valence-corrected chi connectivity index (χ0v) is 28.1. The van der Waals surface area contributed by atoms with E-state index < -0.39 is 0 Å². The monoisotopic (exact) mass is 662 g/mol. The third-order valence-corrected chi connectivity index (χ3v) is 8.62. The number of benzene rings is 5. The van der Waals surface area contributed by atoms with Crippen LogP contribution in [0.25, 0.3) is 50.9 Å². The van der Waals surface area contributed by atoms with Crippen LogP contribution < -0.4 is 4.74 Å². The van der Waals surface area contributed by atoms with Crippen molar-refractivity contribution in [1.29, 1.82) is 0 Å². The molecule has 7 aromatic rings. The number of phenols is 2. The van der Waals surface area contributed by atoms with Gasteiger partial charge in [-0.2, -0.15) is 0 Å². The van der Waals surface area contributed by atoms with Crippen molar-refractivity contribution in [2.75, 3.05) is 6.61 Å². The smallest absolute Gasteiger partial charge is 0.167 e. The van der Waals surface area contributed by atoms with Crippen molar-refractivity contribution in [3.63, 3.8) is 0 Å². The number of hydrogen-bond donors (Lipinski definition) is 2. The first-order valence-corrected chi connectivity index (χ1v) is 17.0. The minimum atomic E-state index is -0.0225. The van der Waals surface area contributed by atoms with E-state index in [4.69, 9.17) is 19.7 Å². The van der Waals surface area contributed by atoms with Crippen LogP contribution in [-0.2, 0) is 6.42 Å². The predicted molar refractivity (Wildman–Crippen MR) is 196 cm³/mol. The summed E-state index contributed by atoms with van der Waals surface area (Å²) < 4.78 is 6.31. The lowest BCUT2D eigenvalue weighted by atomic mass is 9.97. The molecule has 0 aliphatic carbocycles. The summed E-state index contributed by atoms with van der Waals surface area (Å²) in [6.45, 7) is 4.63. The number of unbranched alkanes of at least 4 members (excludes halogenated alkanes) is 3. The zero-order valence-electron chi connectivity index (χ0n) is 28.1. The van der Waals surface area contributed by atoms with Gasteiger partial charge < -0.3 is 14.9 Å². The second kappa shape index (κ2) is 14.6. The molecule has 9 nitrogen and oxygen atoms in total. The highest BCUT2D eigenvalue weighted by Crippen LogP contribution is 2.41. The van der Waals surface area contributed by atoms with Crippen molar-refractivity contribution in [2.24, 2.45) is 0 Å². The maximum absolute atomic E-state index is 12.1. The van der Waals surface area contributed by atoms with Crippen LogP contribution in [0, 0.1) is 6.92 Å². The summed E-state index contributed by atoms with van der Waals surface area (Å²) in [5, 5.41) is 33.0. The second-order valence-electron chi connectivity index (χ2n) is 12.3. The number of ether oxygens (including phenoxy) is 1. The van der Waals surface area contributed by atoms with Gasteiger partial charge in [0.05, 0.1) is 12.2 Å². The van der Waals surface area contributed by atoms with E-state index in [1.54, 1.807) is 6.07 Å². The van der Waals surface area contributed by atoms with Gasteiger partial charge >= 0.3 is 0 Å². The summed E-state index contributed by atoms with van der Waals surface area (Å²) in [6.07, 6.45) is 4.37. The van der Waals surface area contributed by atoms with Crippen LogP contribution in [0.2, 0.25) is 0 Å². The lowest BCUT2D eigenvalue weighted by Crippen LogP contribution is -2.05. The molecule has 5 aromatic carbocycles. The lowest BCUT2D eigenvalue weighted by molar-refractivity contribution is 0.300. The SMILES string of the molecule is CCCCCCOc1ccc(-c2nc(-c3ccccc3)nc(-c3ccccc3)n2)c(O)c1Cc1cc(C)cc(-n2nc3ccccc3n2)c1O. The fraction of sp³-hybridized carbons (Fsp3) is 0.195. The number of nitrogens with zero attached hydrogens (tertiary/aromatic N) is 6. The number of hydrogen-bond acceptors (Lipinski definition) is 8. The summed E-state index contributed by atoms with van der Waals surface area (Å²) in [5.41, 5.74) is 6.01. The molecule has 0 aliphatic rings. The fourth-order valence-electron chi connectivity index (χ4n) is 6.02. The van der Waals surface area contributed by atoms with E-state index in [2.05, 4.69) is 17.1 Å². The Kier molecular flexibility index (Phi) is 9.46. The summed E-state index contributed by atoms with van der Waals surface area (Å²) in [7, 11) is 0. The van der Waals surface area contributed by atoms with Gasteiger partial charge in [0.1, 0.15) is 34.0 Å². The Balaban J connectivity index is 1.34. The molecular formula is C41H38N6O3. The van der Waals surface area contributed by atoms with Crippen LogP contribution in [0.3, 0.4) is 0 Å². The van der Waals surface area contributed by atoms with Crippen LogP contribution in [0.1, 0.15) is 49.3 Å². The van der Waals surface area contributed by atoms with Gasteiger partial charge in [0.2, 0.25) is 0 Å². The summed E-state index contributed by atoms with van der Waals surface area (Å²) in [6, 6.07) is 34.4. The van der Waals surface area contributed by atoms with Crippen molar-refractivity contribution >= 4 is 11.0 Å². The Morgan fingerprint density at radius 1 is 0.640 bits per heavy atom. The Morgan fingerprint density at radius 3 is 1.86 bits per heavy atom. The van der Waals surface area contributed by atoms with E-state index in [0.29, 0.717) is 52.2 Å². The minimum absolute atomic E-state index is 0.0208. The standard InChI is InChI=1S/C41H38N6O3/c1-3-4-5-14-23-50-36-22-21-31(41-43-39(28-15-8-6-9-16-28)42-40(44-41)29-17-10-7-11-18-29)38(49)32(36)26-30-24-27(2)25-35(37(30)48)47-45-33-19-12-13-20-34(33)46-47/h6-13,15-22,24-25,48-49H,3-5,14,23,26H2,1-2H3. The van der Waals surface area contributed by atoms with Gasteiger partial charge in [-0.05, 0) is 49.2 Å². The molecule has 0 radical (unpaired) electrons. The molecule has 9 heteroatoms. The zero-order chi connectivity index (χ0) is 34.5. The molecule has 0 amide bonds. The molecule has 0 unspecified atom stereocenters. The van der Waals surface area contributed by atoms with Crippen molar-refractivity contribution in [3.05, 3.63) is 126 Å². The van der Waals surface area contributed by atoms with Crippen LogP contribution >= 0.6 is 0 Å². The Labute approximate surface area is 290 Å². The number of fused-ring (bicyclic) bond motifs is 1. The van der Waals surface area contributed by atoms with Gasteiger partial charge in [-0.25, -0.2) is 15.0 Å². The number of rotatable bonds is 12. The van der Waals surface area contributed by atoms with Crippen LogP contribution in [0.15, 0.2) is 109 Å². The molecule has 0 fully saturated rings. The summed E-state index contributed by atoms with van der Waals surface area (Å²) in [4.78, 5) is 16.0. The second-order valence-corrected chi connectivity index (χ2v) is 12.3. The Morgan fingerprint density at radius 2 is 1.24 bits per heavy atom. The predicted octanol–water partition coefficient (Wildman–Crippen LogP) is 8.88. The van der Waals surface area contributed by atoms with Crippen molar-refractivity contribution in [3.8, 4) is 57.1 Å². The lowest BCUT2D eigenvalue weighted by Gasteiger charge is -2.18. The average molecular weight is 663 g/mol. The van der Waals surface area contributed by atoms with Crippen molar-refractivity contribution < 1.29 is 14.9 Å². The number of aryl methyl sites for hydroxylation is 1. The topological polar surface area (TPSA) is 119 Å². The van der Waals surface area contributed by atoms with E-state index in [1.165, 1.54) is 4.80 Å². The third kappa shape index (κ3) is 6.89. The highest BCUT2D eigenvalue weighted by atomic mass is 16.5. The van der Waals surface area contributed by atoms with E-state index in [0.717, 1.165) is 53.4 Å². The van der Waals surface area contributed by atoms with Gasteiger partial charge in [-0.1, -0.05) is 105 Å². The molecule has 2 N–H and O–H groups in total. The van der Waals surface area contributed by atoms with Crippen molar-refractivity contribution in [1.82, 2.24) is 29.9 Å². The molecule has 0 saturated carbocycles. The molecular weight excluding hydrogens is 624 g/mol. The van der Waals surface area contributed by atoms with E-state index in [1.807, 2.05) is 110 Å². The quantitative estimate of drug-likeness (QED) is 0.125. The largest absolute Gasteiger partial charge is 0.507 e. The Hall–Kier alpha value is -6.09. The first-order valence-electron chi connectivity index (χ1n) is 17.0. The molecule has 0 bridgehead atoms. The van der Waals surface area contributed by atoms with E-state index in [-0.39, 0.29) is 17.9 Å². The molecule has 0 spiro atoms. The molecule has 2 heterocycles. The van der Waals surface area contributed by atoms with Crippen LogP contribution in [0.4, 0.5) is 0 Å². The van der Waals surface area contributed by atoms with Gasteiger partial charge in [0.25, 0.3) is 0 Å². The van der Waals surface area contributed by atoms with Gasteiger partial charge in [-0.15, -0.1) is 15.0 Å². The van der Waals surface area contributed by atoms with Gasteiger partial charge in [0.15, 0.2) is 17.5 Å². The minimum Gasteiger partial charge on any atom is -0.507 e. The van der Waals surface area contributed by atoms with Gasteiger partial charge in [-0.3, -0.25) is 0 Å². The van der Waals surface area contributed by atoms with Crippen LogP contribution in [-0.4, -0.2) is 46.8 Å². The molecule has 2 aromatic heterocycles. The first-order chi connectivity index (χ1) is 24.5. The van der Waals surface area contributed by atoms with Crippen LogP contribution in [0.5, 0.6) is 17.2 Å². The molecule has 0 atom stereocenters. The molecule has 0 saturated heterocycles. The first kappa shape index (κ1) is 32.5. The Bertz CT molecular complexity index is 2160. The van der Waals surface area contributed by atoms with Crippen molar-refractivity contribution in [2.45, 2.75) is 46.0 Å². The number of aromatic hydroxyl groups is 2.